The van der Waals surface area contributed by atoms with Crippen LogP contribution in [-0.4, -0.2) is 50.1 Å². The van der Waals surface area contributed by atoms with Crippen LogP contribution in [0.5, 0.6) is 5.75 Å². The second-order valence-electron chi connectivity index (χ2n) is 6.45. The van der Waals surface area contributed by atoms with Crippen molar-refractivity contribution in [1.82, 2.24) is 4.90 Å². The first-order valence-electron chi connectivity index (χ1n) is 9.00. The van der Waals surface area contributed by atoms with Gasteiger partial charge in [0.15, 0.2) is 0 Å². The fourth-order valence-electron chi connectivity index (χ4n) is 3.09. The van der Waals surface area contributed by atoms with Crippen molar-refractivity contribution in [3.05, 3.63) is 58.5 Å². The van der Waals surface area contributed by atoms with E-state index in [9.17, 15) is 9.59 Å². The van der Waals surface area contributed by atoms with Gasteiger partial charge in [0.05, 0.1) is 30.9 Å². The molecule has 0 atom stereocenters. The average molecular weight is 396 g/mol. The third-order valence-electron chi connectivity index (χ3n) is 4.63. The zero-order valence-electron chi connectivity index (χ0n) is 15.4. The van der Waals surface area contributed by atoms with Crippen LogP contribution in [0, 0.1) is 0 Å². The number of fused-ring (bicyclic) bond motifs is 1. The number of carbonyl (C=O) groups is 2. The number of methoxy groups -OCH3 is 1. The molecule has 2 amide bonds. The third kappa shape index (κ3) is 3.90. The Morgan fingerprint density at radius 3 is 2.64 bits per heavy atom. The Kier molecular flexibility index (Phi) is 5.36. The Hall–Kier alpha value is -2.77. The lowest BCUT2D eigenvalue weighted by molar-refractivity contribution is -0.112. The fourth-order valence-corrected chi connectivity index (χ4v) is 4.03. The van der Waals surface area contributed by atoms with Gasteiger partial charge >= 0.3 is 0 Å². The number of hydrogen-bond acceptors (Lipinski definition) is 5. The molecule has 0 spiro atoms. The van der Waals surface area contributed by atoms with Crippen molar-refractivity contribution in [3.8, 4) is 5.75 Å². The summed E-state index contributed by atoms with van der Waals surface area (Å²) in [6.07, 6.45) is 1.84. The molecule has 1 fully saturated rings. The number of thioether (sulfide) groups is 1. The van der Waals surface area contributed by atoms with Crippen LogP contribution in [0.4, 0.5) is 5.69 Å². The van der Waals surface area contributed by atoms with Gasteiger partial charge in [-0.05, 0) is 42.0 Å². The van der Waals surface area contributed by atoms with Crippen molar-refractivity contribution < 1.29 is 19.1 Å². The van der Waals surface area contributed by atoms with E-state index in [1.807, 2.05) is 42.5 Å². The largest absolute Gasteiger partial charge is 0.497 e. The molecule has 7 heteroatoms. The summed E-state index contributed by atoms with van der Waals surface area (Å²) in [6, 6.07) is 13.0. The van der Waals surface area contributed by atoms with Crippen molar-refractivity contribution in [2.24, 2.45) is 0 Å². The van der Waals surface area contributed by atoms with E-state index in [2.05, 4.69) is 5.32 Å². The zero-order chi connectivity index (χ0) is 19.5. The SMILES string of the molecule is COc1ccc(/C=C2/Sc3ccc(C(=O)N4CCOCC4)cc3NC2=O)cc1. The monoisotopic (exact) mass is 396 g/mol. The van der Waals surface area contributed by atoms with E-state index < -0.39 is 0 Å². The van der Waals surface area contributed by atoms with E-state index in [-0.39, 0.29) is 11.8 Å². The van der Waals surface area contributed by atoms with Gasteiger partial charge in [0.2, 0.25) is 0 Å². The Morgan fingerprint density at radius 2 is 1.93 bits per heavy atom. The van der Waals surface area contributed by atoms with Crippen LogP contribution < -0.4 is 10.1 Å². The predicted molar refractivity (Wildman–Crippen MR) is 109 cm³/mol. The van der Waals surface area contributed by atoms with Gasteiger partial charge in [-0.15, -0.1) is 0 Å². The molecule has 1 N–H and O–H groups in total. The highest BCUT2D eigenvalue weighted by Gasteiger charge is 2.24. The summed E-state index contributed by atoms with van der Waals surface area (Å²) in [5.74, 6) is 0.555. The number of anilines is 1. The Labute approximate surface area is 167 Å². The number of benzene rings is 2. The standard InChI is InChI=1S/C21H20N2O4S/c1-26-16-5-2-14(3-6-16)12-19-20(24)22-17-13-15(4-7-18(17)28-19)21(25)23-8-10-27-11-9-23/h2-7,12-13H,8-11H2,1H3,(H,22,24)/b19-12+. The molecular formula is C21H20N2O4S. The molecule has 6 nitrogen and oxygen atoms in total. The Bertz CT molecular complexity index is 934. The molecule has 0 aromatic heterocycles. The summed E-state index contributed by atoms with van der Waals surface area (Å²) in [5, 5.41) is 2.90. The van der Waals surface area contributed by atoms with Crippen LogP contribution in [0.25, 0.3) is 6.08 Å². The van der Waals surface area contributed by atoms with E-state index >= 15 is 0 Å². The van der Waals surface area contributed by atoms with Crippen molar-refractivity contribution >= 4 is 35.3 Å². The molecule has 2 aromatic carbocycles. The summed E-state index contributed by atoms with van der Waals surface area (Å²) in [6.45, 7) is 2.29. The molecule has 144 valence electrons. The topological polar surface area (TPSA) is 67.9 Å². The highest BCUT2D eigenvalue weighted by Crippen LogP contribution is 2.39. The number of carbonyl (C=O) groups excluding carboxylic acids is 2. The number of morpholine rings is 1. The molecule has 0 aliphatic carbocycles. The minimum absolute atomic E-state index is 0.0371. The summed E-state index contributed by atoms with van der Waals surface area (Å²) in [7, 11) is 1.62. The summed E-state index contributed by atoms with van der Waals surface area (Å²) in [4.78, 5) is 28.5. The van der Waals surface area contributed by atoms with Gasteiger partial charge in [-0.2, -0.15) is 0 Å². The maximum absolute atomic E-state index is 12.7. The summed E-state index contributed by atoms with van der Waals surface area (Å²) < 4.78 is 10.5. The van der Waals surface area contributed by atoms with E-state index in [0.29, 0.717) is 42.5 Å². The summed E-state index contributed by atoms with van der Waals surface area (Å²) in [5.41, 5.74) is 2.16. The van der Waals surface area contributed by atoms with E-state index in [1.54, 1.807) is 18.1 Å². The third-order valence-corrected chi connectivity index (χ3v) is 5.73. The molecule has 28 heavy (non-hydrogen) atoms. The van der Waals surface area contributed by atoms with Gasteiger partial charge in [0.25, 0.3) is 11.8 Å². The smallest absolute Gasteiger partial charge is 0.262 e. The van der Waals surface area contributed by atoms with Gasteiger partial charge in [0, 0.05) is 23.5 Å². The molecule has 0 radical (unpaired) electrons. The molecule has 0 saturated carbocycles. The molecule has 4 rings (SSSR count). The van der Waals surface area contributed by atoms with Crippen LogP contribution >= 0.6 is 11.8 Å². The number of amides is 2. The first-order valence-corrected chi connectivity index (χ1v) is 9.82. The lowest BCUT2D eigenvalue weighted by Gasteiger charge is -2.27. The minimum atomic E-state index is -0.177. The van der Waals surface area contributed by atoms with E-state index in [4.69, 9.17) is 9.47 Å². The van der Waals surface area contributed by atoms with Gasteiger partial charge in [0.1, 0.15) is 5.75 Å². The first-order chi connectivity index (χ1) is 13.6. The number of rotatable bonds is 3. The molecule has 2 aliphatic heterocycles. The van der Waals surface area contributed by atoms with Gasteiger partial charge < -0.3 is 19.7 Å². The lowest BCUT2D eigenvalue weighted by Crippen LogP contribution is -2.40. The van der Waals surface area contributed by atoms with Crippen LogP contribution in [0.3, 0.4) is 0 Å². The highest BCUT2D eigenvalue weighted by atomic mass is 32.2. The fraction of sp³-hybridized carbons (Fsp3) is 0.238. The molecule has 2 heterocycles. The quantitative estimate of drug-likeness (QED) is 0.807. The maximum Gasteiger partial charge on any atom is 0.262 e. The highest BCUT2D eigenvalue weighted by molar-refractivity contribution is 8.04. The normalized spacial score (nSPS) is 17.8. The molecule has 2 aliphatic rings. The Morgan fingerprint density at radius 1 is 1.18 bits per heavy atom. The molecular weight excluding hydrogens is 376 g/mol. The van der Waals surface area contributed by atoms with E-state index in [1.165, 1.54) is 11.8 Å². The van der Waals surface area contributed by atoms with Gasteiger partial charge in [-0.3, -0.25) is 9.59 Å². The maximum atomic E-state index is 12.7. The summed E-state index contributed by atoms with van der Waals surface area (Å²) >= 11 is 1.40. The lowest BCUT2D eigenvalue weighted by atomic mass is 10.1. The number of nitrogens with zero attached hydrogens (tertiary/aromatic N) is 1. The second-order valence-corrected chi connectivity index (χ2v) is 7.54. The Balaban J connectivity index is 1.54. The molecule has 1 saturated heterocycles. The molecule has 0 bridgehead atoms. The number of nitrogens with one attached hydrogen (secondary N) is 1. The first kappa shape index (κ1) is 18.6. The number of hydrogen-bond donors (Lipinski definition) is 1. The van der Waals surface area contributed by atoms with Crippen molar-refractivity contribution in [3.63, 3.8) is 0 Å². The van der Waals surface area contributed by atoms with Gasteiger partial charge in [-0.25, -0.2) is 0 Å². The van der Waals surface area contributed by atoms with Crippen molar-refractivity contribution in [2.75, 3.05) is 38.7 Å². The van der Waals surface area contributed by atoms with E-state index in [0.717, 1.165) is 16.2 Å². The van der Waals surface area contributed by atoms with Crippen LogP contribution in [-0.2, 0) is 9.53 Å². The van der Waals surface area contributed by atoms with Crippen LogP contribution in [0.2, 0.25) is 0 Å². The van der Waals surface area contributed by atoms with Crippen molar-refractivity contribution in [2.45, 2.75) is 4.90 Å². The minimum Gasteiger partial charge on any atom is -0.497 e. The van der Waals surface area contributed by atoms with Crippen LogP contribution in [0.15, 0.2) is 52.3 Å². The van der Waals surface area contributed by atoms with Crippen molar-refractivity contribution in [1.29, 1.82) is 0 Å². The van der Waals surface area contributed by atoms with Gasteiger partial charge in [-0.1, -0.05) is 23.9 Å². The second kappa shape index (κ2) is 8.08. The number of ether oxygens (including phenoxy) is 2. The molecule has 2 aromatic rings. The van der Waals surface area contributed by atoms with Crippen LogP contribution in [0.1, 0.15) is 15.9 Å². The zero-order valence-corrected chi connectivity index (χ0v) is 16.3. The predicted octanol–water partition coefficient (Wildman–Crippen LogP) is 3.25. The average Bonchev–Trinajstić information content (AvgIpc) is 2.74. The molecule has 0 unspecified atom stereocenters.